The van der Waals surface area contributed by atoms with Crippen molar-refractivity contribution < 1.29 is 9.53 Å². The number of ether oxygens (including phenoxy) is 1. The van der Waals surface area contributed by atoms with Gasteiger partial charge in [-0.3, -0.25) is 4.79 Å². The number of carbonyl (C=O) groups excluding carboxylic acids is 1. The zero-order valence-electron chi connectivity index (χ0n) is 12.4. The molecule has 0 unspecified atom stereocenters. The molecule has 2 aliphatic rings. The van der Waals surface area contributed by atoms with Gasteiger partial charge in [0.2, 0.25) is 0 Å². The van der Waals surface area contributed by atoms with Crippen molar-refractivity contribution in [2.45, 2.75) is 57.5 Å². The Morgan fingerprint density at radius 2 is 2.11 bits per heavy atom. The fraction of sp³-hybridized carbons (Fsp3) is 0.933. The van der Waals surface area contributed by atoms with Crippen molar-refractivity contribution in [2.24, 2.45) is 5.92 Å². The molecule has 0 aromatic heterocycles. The Labute approximate surface area is 116 Å². The van der Waals surface area contributed by atoms with Gasteiger partial charge in [0.05, 0.1) is 7.11 Å². The van der Waals surface area contributed by atoms with Gasteiger partial charge in [0.1, 0.15) is 6.04 Å². The van der Waals surface area contributed by atoms with Crippen LogP contribution in [0.4, 0.5) is 0 Å². The summed E-state index contributed by atoms with van der Waals surface area (Å²) in [5.41, 5.74) is 0. The van der Waals surface area contributed by atoms with Gasteiger partial charge in [-0.05, 0) is 38.1 Å². The average molecular weight is 268 g/mol. The molecule has 1 heterocycles. The lowest BCUT2D eigenvalue weighted by Gasteiger charge is -2.22. The molecule has 0 radical (unpaired) electrons. The van der Waals surface area contributed by atoms with Crippen LogP contribution in [0.2, 0.25) is 0 Å². The Morgan fingerprint density at radius 1 is 1.37 bits per heavy atom. The van der Waals surface area contributed by atoms with Crippen LogP contribution in [0.1, 0.15) is 45.4 Å². The molecule has 1 N–H and O–H groups in total. The first-order chi connectivity index (χ1) is 9.22. The second kappa shape index (κ2) is 7.25. The molecule has 1 aliphatic carbocycles. The highest BCUT2D eigenvalue weighted by Gasteiger charge is 2.28. The highest BCUT2D eigenvalue weighted by atomic mass is 16.5. The molecule has 110 valence electrons. The Bertz CT molecular complexity index is 290. The van der Waals surface area contributed by atoms with E-state index in [1.165, 1.54) is 45.9 Å². The quantitative estimate of drug-likeness (QED) is 0.746. The highest BCUT2D eigenvalue weighted by molar-refractivity contribution is 5.75. The Hall–Kier alpha value is -0.610. The monoisotopic (exact) mass is 268 g/mol. The van der Waals surface area contributed by atoms with E-state index in [2.05, 4.69) is 10.2 Å². The molecule has 1 saturated carbocycles. The Kier molecular flexibility index (Phi) is 5.64. The number of hydrogen-bond acceptors (Lipinski definition) is 4. The highest BCUT2D eigenvalue weighted by Crippen LogP contribution is 2.26. The van der Waals surface area contributed by atoms with Gasteiger partial charge < -0.3 is 15.0 Å². The lowest BCUT2D eigenvalue weighted by molar-refractivity contribution is -0.143. The summed E-state index contributed by atoms with van der Waals surface area (Å²) in [6.45, 7) is 5.54. The van der Waals surface area contributed by atoms with E-state index in [1.807, 2.05) is 6.92 Å². The van der Waals surface area contributed by atoms with E-state index in [0.29, 0.717) is 6.04 Å². The van der Waals surface area contributed by atoms with Gasteiger partial charge in [0.25, 0.3) is 0 Å². The smallest absolute Gasteiger partial charge is 0.322 e. The van der Waals surface area contributed by atoms with Gasteiger partial charge in [-0.1, -0.05) is 19.8 Å². The number of esters is 1. The number of nitrogens with zero attached hydrogens (tertiary/aromatic N) is 1. The van der Waals surface area contributed by atoms with Gasteiger partial charge in [0.15, 0.2) is 0 Å². The van der Waals surface area contributed by atoms with Crippen LogP contribution >= 0.6 is 0 Å². The number of likely N-dealkylation sites (tertiary alicyclic amines) is 1. The lowest BCUT2D eigenvalue weighted by atomic mass is 10.1. The van der Waals surface area contributed by atoms with E-state index in [1.54, 1.807) is 0 Å². The molecule has 0 spiro atoms. The van der Waals surface area contributed by atoms with Gasteiger partial charge in [-0.25, -0.2) is 0 Å². The average Bonchev–Trinajstić information content (AvgIpc) is 3.07. The second-order valence-electron chi connectivity index (χ2n) is 6.05. The van der Waals surface area contributed by atoms with Crippen molar-refractivity contribution in [2.75, 3.05) is 26.7 Å². The van der Waals surface area contributed by atoms with E-state index in [0.717, 1.165) is 25.3 Å². The molecular weight excluding hydrogens is 240 g/mol. The molecule has 4 nitrogen and oxygen atoms in total. The number of rotatable bonds is 6. The number of hydrogen-bond donors (Lipinski definition) is 1. The molecule has 0 aromatic rings. The van der Waals surface area contributed by atoms with Crippen LogP contribution < -0.4 is 5.32 Å². The van der Waals surface area contributed by atoms with Gasteiger partial charge in [-0.15, -0.1) is 0 Å². The molecule has 19 heavy (non-hydrogen) atoms. The summed E-state index contributed by atoms with van der Waals surface area (Å²) in [6, 6.07) is 0.312. The predicted molar refractivity (Wildman–Crippen MR) is 76.0 cm³/mol. The Balaban J connectivity index is 1.73. The van der Waals surface area contributed by atoms with Gasteiger partial charge in [-0.2, -0.15) is 0 Å². The fourth-order valence-corrected chi connectivity index (χ4v) is 3.47. The fourth-order valence-electron chi connectivity index (χ4n) is 3.47. The zero-order valence-corrected chi connectivity index (χ0v) is 12.4. The molecule has 1 aliphatic heterocycles. The van der Waals surface area contributed by atoms with Crippen LogP contribution in [0.3, 0.4) is 0 Å². The normalized spacial score (nSPS) is 26.7. The summed E-state index contributed by atoms with van der Waals surface area (Å²) >= 11 is 0. The van der Waals surface area contributed by atoms with E-state index >= 15 is 0 Å². The van der Waals surface area contributed by atoms with Crippen molar-refractivity contribution in [3.63, 3.8) is 0 Å². The third kappa shape index (κ3) is 4.18. The van der Waals surface area contributed by atoms with Crippen molar-refractivity contribution in [1.82, 2.24) is 10.2 Å². The first-order valence-corrected chi connectivity index (χ1v) is 7.79. The summed E-state index contributed by atoms with van der Waals surface area (Å²) in [5, 5.41) is 3.45. The van der Waals surface area contributed by atoms with Crippen LogP contribution in [0.5, 0.6) is 0 Å². The van der Waals surface area contributed by atoms with Crippen LogP contribution in [-0.2, 0) is 9.53 Å². The van der Waals surface area contributed by atoms with Crippen LogP contribution in [-0.4, -0.2) is 49.7 Å². The zero-order chi connectivity index (χ0) is 13.7. The molecule has 2 rings (SSSR count). The molecule has 0 amide bonds. The Morgan fingerprint density at radius 3 is 2.74 bits per heavy atom. The van der Waals surface area contributed by atoms with Crippen molar-refractivity contribution in [1.29, 1.82) is 0 Å². The maximum atomic E-state index is 11.6. The minimum atomic E-state index is -0.138. The van der Waals surface area contributed by atoms with Gasteiger partial charge >= 0.3 is 5.97 Å². The summed E-state index contributed by atoms with van der Waals surface area (Å²) < 4.78 is 4.83. The third-order valence-electron chi connectivity index (χ3n) is 4.59. The van der Waals surface area contributed by atoms with E-state index in [9.17, 15) is 4.79 Å². The predicted octanol–water partition coefficient (Wildman–Crippen LogP) is 1.79. The van der Waals surface area contributed by atoms with Crippen LogP contribution in [0.15, 0.2) is 0 Å². The molecular formula is C15H28N2O2. The summed E-state index contributed by atoms with van der Waals surface area (Å²) in [4.78, 5) is 14.2. The largest absolute Gasteiger partial charge is 0.468 e. The van der Waals surface area contributed by atoms with Gasteiger partial charge in [0, 0.05) is 19.1 Å². The maximum absolute atomic E-state index is 11.6. The van der Waals surface area contributed by atoms with Crippen molar-refractivity contribution >= 4 is 5.97 Å². The number of methoxy groups -OCH3 is 1. The summed E-state index contributed by atoms with van der Waals surface area (Å²) in [7, 11) is 1.47. The molecule has 0 bridgehead atoms. The maximum Gasteiger partial charge on any atom is 0.322 e. The molecule has 0 aromatic carbocycles. The van der Waals surface area contributed by atoms with Crippen molar-refractivity contribution in [3.8, 4) is 0 Å². The first-order valence-electron chi connectivity index (χ1n) is 7.79. The summed E-state index contributed by atoms with van der Waals surface area (Å²) in [6.07, 6.45) is 7.61. The number of nitrogens with one attached hydrogen (secondary N) is 1. The standard InChI is InChI=1S/C15H28N2O2/c1-3-14(15(18)19-2)16-13-8-9-17(11-13)10-12-6-4-5-7-12/h12-14,16H,3-11H2,1-2H3/t13-,14+/m1/s1. The first kappa shape index (κ1) is 14.8. The SMILES string of the molecule is CC[C@H](N[C@@H]1CCN(CC2CCCC2)C1)C(=O)OC. The lowest BCUT2D eigenvalue weighted by Crippen LogP contribution is -2.45. The van der Waals surface area contributed by atoms with Crippen LogP contribution in [0.25, 0.3) is 0 Å². The number of carbonyl (C=O) groups is 1. The third-order valence-corrected chi connectivity index (χ3v) is 4.59. The minimum Gasteiger partial charge on any atom is -0.468 e. The topological polar surface area (TPSA) is 41.6 Å². The molecule has 2 fully saturated rings. The second-order valence-corrected chi connectivity index (χ2v) is 6.05. The van der Waals surface area contributed by atoms with Crippen molar-refractivity contribution in [3.05, 3.63) is 0 Å². The van der Waals surface area contributed by atoms with Crippen LogP contribution in [0, 0.1) is 5.92 Å². The molecule has 2 atom stereocenters. The van der Waals surface area contributed by atoms with E-state index < -0.39 is 0 Å². The summed E-state index contributed by atoms with van der Waals surface area (Å²) in [5.74, 6) is 0.790. The molecule has 4 heteroatoms. The van der Waals surface area contributed by atoms with E-state index in [-0.39, 0.29) is 12.0 Å². The molecule has 1 saturated heterocycles. The van der Waals surface area contributed by atoms with E-state index in [4.69, 9.17) is 4.74 Å². The minimum absolute atomic E-state index is 0.128.